The minimum Gasteiger partial charge on any atom is -0.382 e. The maximum Gasteiger partial charge on any atom is 0.191 e. The van der Waals surface area contributed by atoms with Gasteiger partial charge in [0.2, 0.25) is 0 Å². The number of nitrogens with one attached hydrogen (secondary N) is 2. The van der Waals surface area contributed by atoms with Crippen molar-refractivity contribution in [3.05, 3.63) is 48.5 Å². The first kappa shape index (κ1) is 22.4. The summed E-state index contributed by atoms with van der Waals surface area (Å²) in [4.78, 5) is 8.37. The Hall–Kier alpha value is -1.65. The summed E-state index contributed by atoms with van der Waals surface area (Å²) < 4.78 is 12.4. The molecular formula is C18H28IN5O2. The Labute approximate surface area is 172 Å². The van der Waals surface area contributed by atoms with Gasteiger partial charge in [0.25, 0.3) is 0 Å². The van der Waals surface area contributed by atoms with Crippen molar-refractivity contribution in [2.45, 2.75) is 13.0 Å². The predicted molar refractivity (Wildman–Crippen MR) is 114 cm³/mol. The number of benzene rings is 1. The standard InChI is InChI=1S/C18H27N5O2.HI/c1-19-18(21-8-5-11-25-13-12-24-2)22-14-16-6-3-4-7-17(16)23-10-9-20-15-23;/h3-4,6-7,9-10,15H,5,8,11-14H2,1-2H3,(H2,19,21,22);1H. The molecule has 0 aliphatic heterocycles. The van der Waals surface area contributed by atoms with Crippen LogP contribution in [-0.4, -0.2) is 56.0 Å². The van der Waals surface area contributed by atoms with E-state index in [9.17, 15) is 0 Å². The largest absolute Gasteiger partial charge is 0.382 e. The number of ether oxygens (including phenoxy) is 2. The Morgan fingerprint density at radius 3 is 2.77 bits per heavy atom. The van der Waals surface area contributed by atoms with E-state index in [4.69, 9.17) is 9.47 Å². The number of methoxy groups -OCH3 is 1. The van der Waals surface area contributed by atoms with E-state index in [1.165, 1.54) is 5.56 Å². The summed E-state index contributed by atoms with van der Waals surface area (Å²) in [6, 6.07) is 8.23. The van der Waals surface area contributed by atoms with Crippen LogP contribution in [-0.2, 0) is 16.0 Å². The molecule has 0 atom stereocenters. The van der Waals surface area contributed by atoms with E-state index in [-0.39, 0.29) is 24.0 Å². The van der Waals surface area contributed by atoms with Crippen molar-refractivity contribution in [2.75, 3.05) is 40.5 Å². The third kappa shape index (κ3) is 7.71. The molecule has 1 aromatic heterocycles. The zero-order valence-corrected chi connectivity index (χ0v) is 17.7. The van der Waals surface area contributed by atoms with Gasteiger partial charge in [0, 0.05) is 46.2 Å². The van der Waals surface area contributed by atoms with E-state index >= 15 is 0 Å². The summed E-state index contributed by atoms with van der Waals surface area (Å²) in [5.74, 6) is 0.775. The Bertz CT molecular complexity index is 634. The van der Waals surface area contributed by atoms with Gasteiger partial charge in [-0.1, -0.05) is 18.2 Å². The van der Waals surface area contributed by atoms with Gasteiger partial charge in [-0.3, -0.25) is 4.99 Å². The molecule has 0 radical (unpaired) electrons. The van der Waals surface area contributed by atoms with Gasteiger partial charge >= 0.3 is 0 Å². The van der Waals surface area contributed by atoms with Crippen LogP contribution in [0.1, 0.15) is 12.0 Å². The monoisotopic (exact) mass is 473 g/mol. The van der Waals surface area contributed by atoms with Crippen molar-refractivity contribution in [1.29, 1.82) is 0 Å². The third-order valence-electron chi connectivity index (χ3n) is 3.63. The first-order valence-electron chi connectivity index (χ1n) is 8.42. The Morgan fingerprint density at radius 2 is 2.04 bits per heavy atom. The summed E-state index contributed by atoms with van der Waals surface area (Å²) in [5, 5.41) is 6.64. The van der Waals surface area contributed by atoms with Gasteiger partial charge in [-0.15, -0.1) is 24.0 Å². The minimum atomic E-state index is 0. The maximum atomic E-state index is 5.44. The van der Waals surface area contributed by atoms with Crippen molar-refractivity contribution >= 4 is 29.9 Å². The molecule has 0 unspecified atom stereocenters. The Morgan fingerprint density at radius 1 is 1.19 bits per heavy atom. The zero-order chi connectivity index (χ0) is 17.7. The fourth-order valence-electron chi connectivity index (χ4n) is 2.34. The molecule has 8 heteroatoms. The highest BCUT2D eigenvalue weighted by molar-refractivity contribution is 14.0. The number of imidazole rings is 1. The van der Waals surface area contributed by atoms with E-state index in [0.717, 1.165) is 24.6 Å². The molecule has 26 heavy (non-hydrogen) atoms. The van der Waals surface area contributed by atoms with Crippen molar-refractivity contribution in [3.63, 3.8) is 0 Å². The van der Waals surface area contributed by atoms with Gasteiger partial charge in [-0.25, -0.2) is 4.98 Å². The van der Waals surface area contributed by atoms with Gasteiger partial charge in [0.15, 0.2) is 5.96 Å². The molecule has 1 aromatic carbocycles. The summed E-state index contributed by atoms with van der Waals surface area (Å²) in [7, 11) is 3.44. The molecule has 0 amide bonds. The number of rotatable bonds is 10. The number of halogens is 1. The fourth-order valence-corrected chi connectivity index (χ4v) is 2.34. The number of guanidine groups is 1. The predicted octanol–water partition coefficient (Wildman–Crippen LogP) is 2.21. The second-order valence-corrected chi connectivity index (χ2v) is 5.41. The lowest BCUT2D eigenvalue weighted by molar-refractivity contribution is 0.0698. The van der Waals surface area contributed by atoms with Crippen molar-refractivity contribution in [1.82, 2.24) is 20.2 Å². The van der Waals surface area contributed by atoms with E-state index in [1.54, 1.807) is 26.7 Å². The molecule has 1 heterocycles. The lowest BCUT2D eigenvalue weighted by Gasteiger charge is -2.14. The molecule has 0 saturated carbocycles. The van der Waals surface area contributed by atoms with Crippen LogP contribution in [0.15, 0.2) is 48.0 Å². The van der Waals surface area contributed by atoms with Gasteiger partial charge in [0.05, 0.1) is 25.2 Å². The molecule has 0 aliphatic carbocycles. The van der Waals surface area contributed by atoms with Crippen molar-refractivity contribution < 1.29 is 9.47 Å². The molecule has 0 saturated heterocycles. The van der Waals surface area contributed by atoms with Crippen LogP contribution < -0.4 is 10.6 Å². The van der Waals surface area contributed by atoms with E-state index < -0.39 is 0 Å². The highest BCUT2D eigenvalue weighted by Gasteiger charge is 2.04. The number of nitrogens with zero attached hydrogens (tertiary/aromatic N) is 3. The van der Waals surface area contributed by atoms with Crippen molar-refractivity contribution in [2.24, 2.45) is 4.99 Å². The number of hydrogen-bond acceptors (Lipinski definition) is 4. The lowest BCUT2D eigenvalue weighted by Crippen LogP contribution is -2.37. The second-order valence-electron chi connectivity index (χ2n) is 5.41. The van der Waals surface area contributed by atoms with E-state index in [1.807, 2.05) is 22.9 Å². The zero-order valence-electron chi connectivity index (χ0n) is 15.4. The molecule has 0 aliphatic rings. The maximum absolute atomic E-state index is 5.44. The molecule has 7 nitrogen and oxygen atoms in total. The number of aliphatic imine (C=N–C) groups is 1. The van der Waals surface area contributed by atoms with Crippen LogP contribution >= 0.6 is 24.0 Å². The molecule has 2 N–H and O–H groups in total. The lowest BCUT2D eigenvalue weighted by atomic mass is 10.1. The molecule has 0 spiro atoms. The van der Waals surface area contributed by atoms with Crippen LogP contribution in [0.3, 0.4) is 0 Å². The van der Waals surface area contributed by atoms with Crippen LogP contribution in [0.5, 0.6) is 0 Å². The fraction of sp³-hybridized carbons (Fsp3) is 0.444. The topological polar surface area (TPSA) is 72.7 Å². The van der Waals surface area contributed by atoms with Gasteiger partial charge < -0.3 is 24.7 Å². The Balaban J connectivity index is 0.00000338. The highest BCUT2D eigenvalue weighted by atomic mass is 127. The average molecular weight is 473 g/mol. The van der Waals surface area contributed by atoms with Crippen LogP contribution in [0.25, 0.3) is 5.69 Å². The van der Waals surface area contributed by atoms with Gasteiger partial charge in [-0.05, 0) is 18.1 Å². The first-order chi connectivity index (χ1) is 12.3. The number of hydrogen-bond donors (Lipinski definition) is 2. The summed E-state index contributed by atoms with van der Waals surface area (Å²) in [5.41, 5.74) is 2.28. The molecular weight excluding hydrogens is 445 g/mol. The molecule has 2 aromatic rings. The molecule has 0 fully saturated rings. The molecule has 2 rings (SSSR count). The summed E-state index contributed by atoms with van der Waals surface area (Å²) >= 11 is 0. The highest BCUT2D eigenvalue weighted by Crippen LogP contribution is 2.13. The van der Waals surface area contributed by atoms with Crippen LogP contribution in [0, 0.1) is 0 Å². The number of para-hydroxylation sites is 1. The smallest absolute Gasteiger partial charge is 0.191 e. The second kappa shape index (κ2) is 13.5. The summed E-state index contributed by atoms with van der Waals surface area (Å²) in [6.07, 6.45) is 6.43. The number of aromatic nitrogens is 2. The normalized spacial score (nSPS) is 11.1. The van der Waals surface area contributed by atoms with Crippen molar-refractivity contribution in [3.8, 4) is 5.69 Å². The Kier molecular flexibility index (Phi) is 11.7. The molecule has 0 bridgehead atoms. The van der Waals surface area contributed by atoms with Crippen LogP contribution in [0.2, 0.25) is 0 Å². The average Bonchev–Trinajstić information content (AvgIpc) is 3.18. The van der Waals surface area contributed by atoms with Crippen LogP contribution in [0.4, 0.5) is 0 Å². The SMILES string of the molecule is CN=C(NCCCOCCOC)NCc1ccccc1-n1ccnc1.I. The summed E-state index contributed by atoms with van der Waals surface area (Å²) in [6.45, 7) is 3.45. The van der Waals surface area contributed by atoms with Gasteiger partial charge in [-0.2, -0.15) is 0 Å². The van der Waals surface area contributed by atoms with E-state index in [0.29, 0.717) is 26.4 Å². The third-order valence-corrected chi connectivity index (χ3v) is 3.63. The molecule has 144 valence electrons. The quantitative estimate of drug-likeness (QED) is 0.240. The minimum absolute atomic E-state index is 0. The van der Waals surface area contributed by atoms with E-state index in [2.05, 4.69) is 32.7 Å². The van der Waals surface area contributed by atoms with Gasteiger partial charge in [0.1, 0.15) is 0 Å². The first-order valence-corrected chi connectivity index (χ1v) is 8.42.